The fourth-order valence-corrected chi connectivity index (χ4v) is 2.20. The summed E-state index contributed by atoms with van der Waals surface area (Å²) in [4.78, 5) is 14.5. The topological polar surface area (TPSA) is 55.6 Å². The summed E-state index contributed by atoms with van der Waals surface area (Å²) in [5, 5.41) is 0. The van der Waals surface area contributed by atoms with Gasteiger partial charge in [0, 0.05) is 38.6 Å². The number of nitrogens with zero attached hydrogens (tertiary/aromatic N) is 1. The fraction of sp³-hybridized carbons (Fsp3) is 0.833. The van der Waals surface area contributed by atoms with Crippen molar-refractivity contribution in [1.82, 2.24) is 4.90 Å². The number of nitrogens with two attached hydrogens (primary N) is 1. The number of hydrogen-bond acceptors (Lipinski definition) is 3. The van der Waals surface area contributed by atoms with Gasteiger partial charge in [0.05, 0.1) is 4.99 Å². The Balaban J connectivity index is 2.53. The molecule has 5 heteroatoms. The minimum atomic E-state index is 0.0640. The number of thiocarbonyl (C=S) groups is 1. The minimum absolute atomic E-state index is 0.0640. The zero-order valence-electron chi connectivity index (χ0n) is 10.8. The molecule has 0 aromatic heterocycles. The van der Waals surface area contributed by atoms with E-state index in [0.29, 0.717) is 30.7 Å². The van der Waals surface area contributed by atoms with Gasteiger partial charge in [-0.2, -0.15) is 0 Å². The van der Waals surface area contributed by atoms with Gasteiger partial charge >= 0.3 is 0 Å². The van der Waals surface area contributed by atoms with E-state index in [0.717, 1.165) is 6.42 Å². The summed E-state index contributed by atoms with van der Waals surface area (Å²) in [6.45, 7) is 5.96. The predicted octanol–water partition coefficient (Wildman–Crippen LogP) is 1.04. The first kappa shape index (κ1) is 14.4. The average Bonchev–Trinajstić information content (AvgIpc) is 2.28. The van der Waals surface area contributed by atoms with Crippen molar-refractivity contribution in [2.75, 3.05) is 26.8 Å². The van der Waals surface area contributed by atoms with E-state index in [-0.39, 0.29) is 17.7 Å². The summed E-state index contributed by atoms with van der Waals surface area (Å²) in [5.74, 6) is 0.615. The Morgan fingerprint density at radius 2 is 2.29 bits per heavy atom. The van der Waals surface area contributed by atoms with Gasteiger partial charge in [0.25, 0.3) is 0 Å². The van der Waals surface area contributed by atoms with E-state index in [4.69, 9.17) is 22.7 Å². The first-order valence-electron chi connectivity index (χ1n) is 6.05. The molecule has 3 atom stereocenters. The Morgan fingerprint density at radius 1 is 1.65 bits per heavy atom. The van der Waals surface area contributed by atoms with Crippen molar-refractivity contribution in [3.8, 4) is 0 Å². The number of ether oxygens (including phenoxy) is 1. The van der Waals surface area contributed by atoms with Crippen LogP contribution in [-0.2, 0) is 9.53 Å². The van der Waals surface area contributed by atoms with Gasteiger partial charge in [-0.25, -0.2) is 0 Å². The van der Waals surface area contributed by atoms with E-state index in [1.807, 2.05) is 14.0 Å². The summed E-state index contributed by atoms with van der Waals surface area (Å²) in [7, 11) is 1.82. The molecule has 98 valence electrons. The maximum Gasteiger partial charge on any atom is 0.225 e. The van der Waals surface area contributed by atoms with Gasteiger partial charge in [-0.3, -0.25) is 4.79 Å². The van der Waals surface area contributed by atoms with Crippen molar-refractivity contribution in [2.24, 2.45) is 23.5 Å². The highest BCUT2D eigenvalue weighted by atomic mass is 32.1. The zero-order valence-corrected chi connectivity index (χ0v) is 11.6. The van der Waals surface area contributed by atoms with Crippen LogP contribution in [0.1, 0.15) is 20.3 Å². The first-order valence-corrected chi connectivity index (χ1v) is 6.46. The zero-order chi connectivity index (χ0) is 13.0. The van der Waals surface area contributed by atoms with E-state index in [1.54, 1.807) is 4.90 Å². The molecule has 2 N–H and O–H groups in total. The highest BCUT2D eigenvalue weighted by Gasteiger charge is 2.30. The lowest BCUT2D eigenvalue weighted by Crippen LogP contribution is -2.43. The van der Waals surface area contributed by atoms with E-state index >= 15 is 0 Å². The first-order chi connectivity index (χ1) is 7.93. The van der Waals surface area contributed by atoms with Gasteiger partial charge in [-0.05, 0) is 12.3 Å². The van der Waals surface area contributed by atoms with Crippen LogP contribution >= 0.6 is 12.2 Å². The summed E-state index contributed by atoms with van der Waals surface area (Å²) in [6.07, 6.45) is 0.811. The molecule has 0 bridgehead atoms. The number of amides is 1. The maximum absolute atomic E-state index is 12.3. The van der Waals surface area contributed by atoms with E-state index in [2.05, 4.69) is 6.92 Å². The smallest absolute Gasteiger partial charge is 0.225 e. The molecule has 1 aliphatic rings. The van der Waals surface area contributed by atoms with Crippen LogP contribution in [0.2, 0.25) is 0 Å². The second-order valence-corrected chi connectivity index (χ2v) is 5.44. The Bertz CT molecular complexity index is 296. The van der Waals surface area contributed by atoms with Crippen LogP contribution in [0, 0.1) is 17.8 Å². The van der Waals surface area contributed by atoms with Crippen molar-refractivity contribution in [1.29, 1.82) is 0 Å². The van der Waals surface area contributed by atoms with Gasteiger partial charge in [0.2, 0.25) is 5.91 Å². The molecule has 1 fully saturated rings. The quantitative estimate of drug-likeness (QED) is 0.766. The van der Waals surface area contributed by atoms with Crippen molar-refractivity contribution in [3.63, 3.8) is 0 Å². The summed E-state index contributed by atoms with van der Waals surface area (Å²) in [6, 6.07) is 0. The van der Waals surface area contributed by atoms with Crippen molar-refractivity contribution >= 4 is 23.1 Å². The molecule has 3 unspecified atom stereocenters. The van der Waals surface area contributed by atoms with Gasteiger partial charge in [0.1, 0.15) is 0 Å². The van der Waals surface area contributed by atoms with Crippen LogP contribution in [0.25, 0.3) is 0 Å². The molecule has 0 saturated carbocycles. The number of carbonyl (C=O) groups is 1. The van der Waals surface area contributed by atoms with Gasteiger partial charge in [0.15, 0.2) is 0 Å². The van der Waals surface area contributed by atoms with Crippen LogP contribution in [0.4, 0.5) is 0 Å². The minimum Gasteiger partial charge on any atom is -0.393 e. The van der Waals surface area contributed by atoms with Crippen molar-refractivity contribution in [3.05, 3.63) is 0 Å². The molecule has 4 nitrogen and oxygen atoms in total. The Hall–Kier alpha value is -0.680. The summed E-state index contributed by atoms with van der Waals surface area (Å²) >= 11 is 4.92. The third-order valence-corrected chi connectivity index (χ3v) is 3.77. The highest BCUT2D eigenvalue weighted by Crippen LogP contribution is 2.23. The largest absolute Gasteiger partial charge is 0.393 e. The molecule has 0 radical (unpaired) electrons. The van der Waals surface area contributed by atoms with Crippen LogP contribution in [0.3, 0.4) is 0 Å². The highest BCUT2D eigenvalue weighted by molar-refractivity contribution is 7.80. The summed E-state index contributed by atoms with van der Waals surface area (Å²) in [5.41, 5.74) is 5.56. The molecular formula is C12H22N2O2S. The molecular weight excluding hydrogens is 236 g/mol. The molecule has 1 amide bonds. The molecule has 1 rings (SSSR count). The Labute approximate surface area is 108 Å². The maximum atomic E-state index is 12.3. The second kappa shape index (κ2) is 6.31. The lowest BCUT2D eigenvalue weighted by Gasteiger charge is -2.32. The Kier molecular flexibility index (Phi) is 5.33. The fourth-order valence-electron chi connectivity index (χ4n) is 2.12. The number of hydrogen-bond donors (Lipinski definition) is 1. The normalized spacial score (nSPS) is 26.3. The van der Waals surface area contributed by atoms with Gasteiger partial charge in [-0.1, -0.05) is 26.1 Å². The second-order valence-electron chi connectivity index (χ2n) is 4.97. The van der Waals surface area contributed by atoms with Crippen LogP contribution in [-0.4, -0.2) is 42.6 Å². The van der Waals surface area contributed by atoms with E-state index in [1.165, 1.54) is 0 Å². The molecule has 0 aromatic carbocycles. The molecule has 1 heterocycles. The number of carbonyl (C=O) groups excluding carboxylic acids is 1. The third-order valence-electron chi connectivity index (χ3n) is 3.37. The number of rotatable bonds is 4. The Morgan fingerprint density at radius 3 is 2.82 bits per heavy atom. The lowest BCUT2D eigenvalue weighted by molar-refractivity contribution is -0.140. The van der Waals surface area contributed by atoms with E-state index in [9.17, 15) is 4.79 Å². The molecule has 1 aliphatic heterocycles. The molecule has 0 aliphatic carbocycles. The van der Waals surface area contributed by atoms with Gasteiger partial charge < -0.3 is 15.4 Å². The standard InChI is InChI=1S/C12H22N2O2S/c1-8(11(13)17)6-14(3)12(15)10-4-5-16-7-9(10)2/h8-10H,4-7H2,1-3H3,(H2,13,17). The van der Waals surface area contributed by atoms with Crippen LogP contribution < -0.4 is 5.73 Å². The molecule has 0 aromatic rings. The SMILES string of the molecule is CC(CN(C)C(=O)C1CCOCC1C)C(N)=S. The lowest BCUT2D eigenvalue weighted by atomic mass is 9.88. The van der Waals surface area contributed by atoms with Crippen LogP contribution in [0.5, 0.6) is 0 Å². The summed E-state index contributed by atoms with van der Waals surface area (Å²) < 4.78 is 5.35. The molecule has 1 saturated heterocycles. The van der Waals surface area contributed by atoms with E-state index < -0.39 is 0 Å². The monoisotopic (exact) mass is 258 g/mol. The van der Waals surface area contributed by atoms with Crippen molar-refractivity contribution < 1.29 is 9.53 Å². The molecule has 0 spiro atoms. The molecule has 17 heavy (non-hydrogen) atoms. The third kappa shape index (κ3) is 3.92. The average molecular weight is 258 g/mol. The van der Waals surface area contributed by atoms with Crippen molar-refractivity contribution in [2.45, 2.75) is 20.3 Å². The van der Waals surface area contributed by atoms with Gasteiger partial charge in [-0.15, -0.1) is 0 Å². The predicted molar refractivity (Wildman–Crippen MR) is 71.7 cm³/mol. The van der Waals surface area contributed by atoms with Crippen LogP contribution in [0.15, 0.2) is 0 Å².